The van der Waals surface area contributed by atoms with Crippen molar-refractivity contribution in [1.29, 1.82) is 0 Å². The van der Waals surface area contributed by atoms with Crippen LogP contribution in [0.2, 0.25) is 10.0 Å². The minimum atomic E-state index is -0.703. The lowest BCUT2D eigenvalue weighted by Crippen LogP contribution is -2.50. The number of carbonyl (C=O) groups excluding carboxylic acids is 2. The summed E-state index contributed by atoms with van der Waals surface area (Å²) in [7, 11) is 1.51. The Morgan fingerprint density at radius 2 is 1.91 bits per heavy atom. The first-order valence-electron chi connectivity index (χ1n) is 10.3. The lowest BCUT2D eigenvalue weighted by atomic mass is 10.0. The highest BCUT2D eigenvalue weighted by Crippen LogP contribution is 2.24. The number of carbonyl (C=O) groups is 2. The Kier molecular flexibility index (Phi) is 8.96. The van der Waals surface area contributed by atoms with Gasteiger partial charge in [-0.1, -0.05) is 53.6 Å². The van der Waals surface area contributed by atoms with Gasteiger partial charge in [-0.2, -0.15) is 0 Å². The number of ether oxygens (including phenoxy) is 2. The van der Waals surface area contributed by atoms with Gasteiger partial charge in [-0.05, 0) is 29.8 Å². The summed E-state index contributed by atoms with van der Waals surface area (Å²) < 4.78 is 11.0. The first-order chi connectivity index (χ1) is 15.9. The van der Waals surface area contributed by atoms with Crippen LogP contribution in [0.25, 0.3) is 0 Å². The summed E-state index contributed by atoms with van der Waals surface area (Å²) in [5.41, 5.74) is 1.33. The van der Waals surface area contributed by atoms with Gasteiger partial charge in [0.15, 0.2) is 0 Å². The Morgan fingerprint density at radius 1 is 1.12 bits per heavy atom. The summed E-state index contributed by atoms with van der Waals surface area (Å²) in [4.78, 5) is 24.7. The third-order valence-corrected chi connectivity index (χ3v) is 5.72. The van der Waals surface area contributed by atoms with Crippen molar-refractivity contribution in [1.82, 2.24) is 10.6 Å². The number of aliphatic hydroxyl groups excluding tert-OH is 1. The van der Waals surface area contributed by atoms with Gasteiger partial charge in [-0.3, -0.25) is 4.79 Å². The zero-order valence-corrected chi connectivity index (χ0v) is 19.4. The van der Waals surface area contributed by atoms with Crippen LogP contribution in [-0.2, 0) is 16.1 Å². The summed E-state index contributed by atoms with van der Waals surface area (Å²) in [6.07, 6.45) is 2.23. The van der Waals surface area contributed by atoms with E-state index in [4.69, 9.17) is 32.7 Å². The molecule has 0 bridgehead atoms. The van der Waals surface area contributed by atoms with Gasteiger partial charge < -0.3 is 30.5 Å². The minimum absolute atomic E-state index is 0.0639. The van der Waals surface area contributed by atoms with Crippen LogP contribution >= 0.6 is 23.2 Å². The number of para-hydroxylation sites is 2. The molecule has 3 rings (SSSR count). The van der Waals surface area contributed by atoms with E-state index in [-0.39, 0.29) is 18.9 Å². The number of amides is 3. The highest BCUT2D eigenvalue weighted by Gasteiger charge is 2.29. The number of methoxy groups -OCH3 is 1. The predicted octanol–water partition coefficient (Wildman–Crippen LogP) is 3.51. The van der Waals surface area contributed by atoms with Crippen molar-refractivity contribution in [2.24, 2.45) is 0 Å². The molecule has 176 valence electrons. The average molecular weight is 494 g/mol. The summed E-state index contributed by atoms with van der Waals surface area (Å²) in [6, 6.07) is 11.1. The van der Waals surface area contributed by atoms with E-state index in [2.05, 4.69) is 16.0 Å². The number of hydrogen-bond donors (Lipinski definition) is 4. The van der Waals surface area contributed by atoms with Crippen LogP contribution in [0, 0.1) is 0 Å². The maximum Gasteiger partial charge on any atom is 0.319 e. The Labute approximate surface area is 201 Å². The summed E-state index contributed by atoms with van der Waals surface area (Å²) >= 11 is 11.9. The molecule has 0 unspecified atom stereocenters. The zero-order chi connectivity index (χ0) is 23.8. The molecule has 0 fully saturated rings. The van der Waals surface area contributed by atoms with Gasteiger partial charge in [0.25, 0.3) is 0 Å². The maximum absolute atomic E-state index is 12.4. The molecular weight excluding hydrogens is 469 g/mol. The van der Waals surface area contributed by atoms with E-state index in [9.17, 15) is 14.7 Å². The van der Waals surface area contributed by atoms with Crippen molar-refractivity contribution in [2.45, 2.75) is 31.2 Å². The van der Waals surface area contributed by atoms with Crippen molar-refractivity contribution >= 4 is 40.8 Å². The number of aliphatic hydroxyl groups is 1. The highest BCUT2D eigenvalue weighted by molar-refractivity contribution is 6.42. The van der Waals surface area contributed by atoms with E-state index in [0.29, 0.717) is 28.0 Å². The molecular formula is C23H25Cl2N3O5. The molecule has 10 heteroatoms. The SMILES string of the molecule is COc1ccccc1NC(=O)N[C@@H]1C=C[C@H](CC(=O)NCc2ccc(Cl)c(Cl)c2)O[C@@H]1CO. The smallest absolute Gasteiger partial charge is 0.319 e. The molecule has 0 saturated carbocycles. The molecule has 33 heavy (non-hydrogen) atoms. The van der Waals surface area contributed by atoms with Crippen LogP contribution in [0.5, 0.6) is 5.75 Å². The molecule has 1 aliphatic heterocycles. The number of benzene rings is 2. The van der Waals surface area contributed by atoms with Gasteiger partial charge in [-0.25, -0.2) is 4.79 Å². The fourth-order valence-electron chi connectivity index (χ4n) is 3.30. The number of hydrogen-bond acceptors (Lipinski definition) is 5. The van der Waals surface area contributed by atoms with Crippen LogP contribution in [0.15, 0.2) is 54.6 Å². The first kappa shape index (κ1) is 24.9. The fourth-order valence-corrected chi connectivity index (χ4v) is 3.62. The molecule has 2 aromatic rings. The summed E-state index contributed by atoms with van der Waals surface area (Å²) in [6.45, 7) is -0.0335. The van der Waals surface area contributed by atoms with E-state index >= 15 is 0 Å². The lowest BCUT2D eigenvalue weighted by Gasteiger charge is -2.31. The number of nitrogens with one attached hydrogen (secondary N) is 3. The molecule has 8 nitrogen and oxygen atoms in total. The third kappa shape index (κ3) is 7.10. The van der Waals surface area contributed by atoms with Gasteiger partial charge in [0.1, 0.15) is 11.9 Å². The second-order valence-corrected chi connectivity index (χ2v) is 8.15. The quantitative estimate of drug-likeness (QED) is 0.420. The van der Waals surface area contributed by atoms with Crippen LogP contribution in [0.3, 0.4) is 0 Å². The third-order valence-electron chi connectivity index (χ3n) is 4.98. The number of rotatable bonds is 8. The van der Waals surface area contributed by atoms with Crippen molar-refractivity contribution in [3.8, 4) is 5.75 Å². The largest absolute Gasteiger partial charge is 0.495 e. The average Bonchev–Trinajstić information content (AvgIpc) is 2.81. The first-order valence-corrected chi connectivity index (χ1v) is 11.0. The van der Waals surface area contributed by atoms with Crippen molar-refractivity contribution in [3.05, 3.63) is 70.2 Å². The molecule has 3 amide bonds. The molecule has 0 aromatic heterocycles. The van der Waals surface area contributed by atoms with E-state index in [0.717, 1.165) is 5.56 Å². The molecule has 0 spiro atoms. The van der Waals surface area contributed by atoms with Crippen LogP contribution in [0.1, 0.15) is 12.0 Å². The van der Waals surface area contributed by atoms with Gasteiger partial charge in [0, 0.05) is 6.54 Å². The van der Waals surface area contributed by atoms with Crippen molar-refractivity contribution in [2.75, 3.05) is 19.0 Å². The number of halogens is 2. The standard InChI is InChI=1S/C23H25Cl2N3O5/c1-32-20-5-3-2-4-18(20)27-23(31)28-19-9-7-15(33-21(19)13-29)11-22(30)26-12-14-6-8-16(24)17(25)10-14/h2-10,15,19,21,29H,11-13H2,1H3,(H,26,30)(H2,27,28,31)/t15-,19-,21-/m1/s1. The molecule has 2 aromatic carbocycles. The summed E-state index contributed by atoms with van der Waals surface area (Å²) in [5, 5.41) is 18.8. The van der Waals surface area contributed by atoms with Crippen molar-refractivity contribution in [3.63, 3.8) is 0 Å². The molecule has 4 N–H and O–H groups in total. The fraction of sp³-hybridized carbons (Fsp3) is 0.304. The van der Waals surface area contributed by atoms with Gasteiger partial charge in [0.2, 0.25) is 5.91 Å². The number of anilines is 1. The molecule has 1 heterocycles. The second kappa shape index (κ2) is 11.9. The molecule has 0 saturated heterocycles. The Hall–Kier alpha value is -2.78. The van der Waals surface area contributed by atoms with Crippen LogP contribution < -0.4 is 20.7 Å². The monoisotopic (exact) mass is 493 g/mol. The Bertz CT molecular complexity index is 1020. The number of urea groups is 1. The van der Waals surface area contributed by atoms with Gasteiger partial charge >= 0.3 is 6.03 Å². The van der Waals surface area contributed by atoms with E-state index in [1.54, 1.807) is 54.6 Å². The lowest BCUT2D eigenvalue weighted by molar-refractivity contribution is -0.125. The van der Waals surface area contributed by atoms with Gasteiger partial charge in [-0.15, -0.1) is 0 Å². The predicted molar refractivity (Wildman–Crippen MR) is 127 cm³/mol. The second-order valence-electron chi connectivity index (χ2n) is 7.33. The van der Waals surface area contributed by atoms with Crippen LogP contribution in [0.4, 0.5) is 10.5 Å². The Balaban J connectivity index is 1.51. The zero-order valence-electron chi connectivity index (χ0n) is 17.9. The highest BCUT2D eigenvalue weighted by atomic mass is 35.5. The minimum Gasteiger partial charge on any atom is -0.495 e. The molecule has 0 radical (unpaired) electrons. The molecule has 0 aliphatic carbocycles. The van der Waals surface area contributed by atoms with E-state index in [1.807, 2.05) is 0 Å². The molecule has 3 atom stereocenters. The van der Waals surface area contributed by atoms with E-state index < -0.39 is 24.3 Å². The normalized spacial score (nSPS) is 19.6. The Morgan fingerprint density at radius 3 is 2.64 bits per heavy atom. The maximum atomic E-state index is 12.4. The molecule has 1 aliphatic rings. The van der Waals surface area contributed by atoms with Gasteiger partial charge in [0.05, 0.1) is 48.0 Å². The summed E-state index contributed by atoms with van der Waals surface area (Å²) in [5.74, 6) is 0.293. The van der Waals surface area contributed by atoms with Crippen LogP contribution in [-0.4, -0.2) is 49.0 Å². The van der Waals surface area contributed by atoms with Crippen molar-refractivity contribution < 1.29 is 24.2 Å². The topological polar surface area (TPSA) is 109 Å². The van der Waals surface area contributed by atoms with E-state index in [1.165, 1.54) is 7.11 Å².